The number of benzene rings is 1. The van der Waals surface area contributed by atoms with Crippen molar-refractivity contribution in [1.29, 1.82) is 0 Å². The zero-order chi connectivity index (χ0) is 16.5. The normalized spacial score (nSPS) is 21.3. The average molecular weight is 318 g/mol. The second-order valence-corrected chi connectivity index (χ2v) is 6.59. The van der Waals surface area contributed by atoms with Gasteiger partial charge in [0.05, 0.1) is 13.0 Å². The van der Waals surface area contributed by atoms with E-state index in [9.17, 15) is 4.79 Å². The van der Waals surface area contributed by atoms with Crippen molar-refractivity contribution in [3.8, 4) is 0 Å². The molecule has 1 aromatic carbocycles. The van der Waals surface area contributed by atoms with Crippen LogP contribution in [0.5, 0.6) is 0 Å². The summed E-state index contributed by atoms with van der Waals surface area (Å²) in [6.07, 6.45) is 12.5. The number of esters is 1. The van der Waals surface area contributed by atoms with E-state index in [-0.39, 0.29) is 11.9 Å². The molecule has 0 aromatic heterocycles. The van der Waals surface area contributed by atoms with Gasteiger partial charge in [-0.3, -0.25) is 4.79 Å². The highest BCUT2D eigenvalue weighted by atomic mass is 16.5. The summed E-state index contributed by atoms with van der Waals surface area (Å²) < 4.78 is 5.20. The van der Waals surface area contributed by atoms with Crippen molar-refractivity contribution in [3.63, 3.8) is 0 Å². The van der Waals surface area contributed by atoms with Crippen molar-refractivity contribution in [2.75, 3.05) is 6.61 Å². The highest BCUT2D eigenvalue weighted by Crippen LogP contribution is 2.50. The molecule has 0 saturated heterocycles. The quantitative estimate of drug-likeness (QED) is 0.722. The van der Waals surface area contributed by atoms with Crippen LogP contribution in [0.2, 0.25) is 0 Å². The van der Waals surface area contributed by atoms with E-state index in [0.717, 1.165) is 19.3 Å². The minimum absolute atomic E-state index is 0.121. The summed E-state index contributed by atoms with van der Waals surface area (Å²) in [7, 11) is 0. The molecule has 3 aliphatic rings. The number of rotatable bonds is 4. The standard InChI is InChI=1S/C22H22O2/c1-2-24-21(23)14-17-13-16-8-4-6-10-19(16)22(17)20-12-11-15-7-3-5-9-18(15)20/h3-8,10,13,22H,2,9,11-12,14H2,1H3. The maximum atomic E-state index is 12.1. The molecule has 0 N–H and O–H groups in total. The monoisotopic (exact) mass is 318 g/mol. The van der Waals surface area contributed by atoms with Gasteiger partial charge in [0.15, 0.2) is 0 Å². The van der Waals surface area contributed by atoms with E-state index in [2.05, 4.69) is 48.6 Å². The lowest BCUT2D eigenvalue weighted by molar-refractivity contribution is -0.142. The predicted octanol–water partition coefficient (Wildman–Crippen LogP) is 5.10. The molecular formula is C22H22O2. The fourth-order valence-electron chi connectivity index (χ4n) is 4.24. The number of carbonyl (C=O) groups is 1. The summed E-state index contributed by atoms with van der Waals surface area (Å²) in [5.74, 6) is 0.127. The van der Waals surface area contributed by atoms with Gasteiger partial charge in [-0.15, -0.1) is 0 Å². The smallest absolute Gasteiger partial charge is 0.309 e. The van der Waals surface area contributed by atoms with Crippen molar-refractivity contribution >= 4 is 12.0 Å². The van der Waals surface area contributed by atoms with Gasteiger partial charge in [0.2, 0.25) is 0 Å². The third-order valence-electron chi connectivity index (χ3n) is 5.22. The van der Waals surface area contributed by atoms with E-state index in [0.29, 0.717) is 13.0 Å². The Balaban J connectivity index is 1.74. The second-order valence-electron chi connectivity index (χ2n) is 6.59. The minimum Gasteiger partial charge on any atom is -0.466 e. The maximum Gasteiger partial charge on any atom is 0.309 e. The van der Waals surface area contributed by atoms with Crippen molar-refractivity contribution in [1.82, 2.24) is 0 Å². The van der Waals surface area contributed by atoms with Crippen LogP contribution in [0.15, 0.2) is 64.8 Å². The lowest BCUT2D eigenvalue weighted by Crippen LogP contribution is -2.10. The average Bonchev–Trinajstić information content (AvgIpc) is 3.15. The molecule has 24 heavy (non-hydrogen) atoms. The zero-order valence-corrected chi connectivity index (χ0v) is 14.0. The molecule has 1 atom stereocenters. The molecule has 0 amide bonds. The number of fused-ring (bicyclic) bond motifs is 2. The SMILES string of the molecule is CCOC(=O)CC1=Cc2ccccc2C1C1=C2CC=CC=C2CC1. The first-order valence-corrected chi connectivity index (χ1v) is 8.81. The van der Waals surface area contributed by atoms with Crippen molar-refractivity contribution < 1.29 is 9.53 Å². The van der Waals surface area contributed by atoms with Crippen LogP contribution in [0.25, 0.3) is 6.08 Å². The van der Waals surface area contributed by atoms with Gasteiger partial charge in [0.1, 0.15) is 0 Å². The second kappa shape index (κ2) is 6.27. The van der Waals surface area contributed by atoms with Gasteiger partial charge in [-0.05, 0) is 54.0 Å². The molecule has 3 aliphatic carbocycles. The summed E-state index contributed by atoms with van der Waals surface area (Å²) in [4.78, 5) is 12.1. The summed E-state index contributed by atoms with van der Waals surface area (Å²) in [6.45, 7) is 2.30. The van der Waals surface area contributed by atoms with Gasteiger partial charge in [-0.1, -0.05) is 54.1 Å². The van der Waals surface area contributed by atoms with Gasteiger partial charge in [-0.25, -0.2) is 0 Å². The molecule has 1 unspecified atom stereocenters. The molecule has 0 bridgehead atoms. The van der Waals surface area contributed by atoms with Gasteiger partial charge >= 0.3 is 5.97 Å². The number of carbonyl (C=O) groups excluding carboxylic acids is 1. The molecule has 4 rings (SSSR count). The Morgan fingerprint density at radius 1 is 1.25 bits per heavy atom. The topological polar surface area (TPSA) is 26.3 Å². The van der Waals surface area contributed by atoms with Crippen LogP contribution in [-0.2, 0) is 9.53 Å². The summed E-state index contributed by atoms with van der Waals surface area (Å²) in [5.41, 5.74) is 8.26. The lowest BCUT2D eigenvalue weighted by atomic mass is 9.83. The van der Waals surface area contributed by atoms with Gasteiger partial charge < -0.3 is 4.74 Å². The first-order chi connectivity index (χ1) is 11.8. The highest BCUT2D eigenvalue weighted by molar-refractivity contribution is 5.80. The van der Waals surface area contributed by atoms with Crippen LogP contribution >= 0.6 is 0 Å². The Morgan fingerprint density at radius 2 is 2.12 bits per heavy atom. The molecule has 2 heteroatoms. The highest BCUT2D eigenvalue weighted by Gasteiger charge is 2.34. The van der Waals surface area contributed by atoms with E-state index in [1.807, 2.05) is 6.92 Å². The Hall–Kier alpha value is -2.35. The molecule has 0 spiro atoms. The molecular weight excluding hydrogens is 296 g/mol. The minimum atomic E-state index is -0.121. The first kappa shape index (κ1) is 15.2. The molecule has 0 heterocycles. The van der Waals surface area contributed by atoms with Crippen LogP contribution in [0, 0.1) is 0 Å². The first-order valence-electron chi connectivity index (χ1n) is 8.81. The van der Waals surface area contributed by atoms with Crippen molar-refractivity contribution in [3.05, 3.63) is 75.9 Å². The molecule has 2 nitrogen and oxygen atoms in total. The van der Waals surface area contributed by atoms with Crippen molar-refractivity contribution in [2.45, 2.75) is 38.5 Å². The van der Waals surface area contributed by atoms with E-state index in [4.69, 9.17) is 4.74 Å². The maximum absolute atomic E-state index is 12.1. The van der Waals surface area contributed by atoms with Crippen LogP contribution in [0.3, 0.4) is 0 Å². The van der Waals surface area contributed by atoms with Crippen LogP contribution in [-0.4, -0.2) is 12.6 Å². The van der Waals surface area contributed by atoms with Crippen LogP contribution < -0.4 is 0 Å². The van der Waals surface area contributed by atoms with E-state index >= 15 is 0 Å². The molecule has 0 aliphatic heterocycles. The Bertz CT molecular complexity index is 805. The van der Waals surface area contributed by atoms with Gasteiger partial charge in [-0.2, -0.15) is 0 Å². The Morgan fingerprint density at radius 3 is 3.00 bits per heavy atom. The van der Waals surface area contributed by atoms with E-state index in [1.54, 1.807) is 0 Å². The zero-order valence-electron chi connectivity index (χ0n) is 14.0. The number of hydrogen-bond donors (Lipinski definition) is 0. The van der Waals surface area contributed by atoms with Crippen molar-refractivity contribution in [2.24, 2.45) is 0 Å². The third-order valence-corrected chi connectivity index (χ3v) is 5.22. The van der Waals surface area contributed by atoms with E-state index < -0.39 is 0 Å². The Kier molecular flexibility index (Phi) is 3.97. The largest absolute Gasteiger partial charge is 0.466 e. The number of allylic oxidation sites excluding steroid dienone is 6. The van der Waals surface area contributed by atoms with Gasteiger partial charge in [0, 0.05) is 5.92 Å². The predicted molar refractivity (Wildman–Crippen MR) is 96.5 cm³/mol. The van der Waals surface area contributed by atoms with E-state index in [1.165, 1.54) is 33.4 Å². The summed E-state index contributed by atoms with van der Waals surface area (Å²) in [6, 6.07) is 8.53. The summed E-state index contributed by atoms with van der Waals surface area (Å²) >= 11 is 0. The Labute approximate surface area is 143 Å². The van der Waals surface area contributed by atoms with Gasteiger partial charge in [0.25, 0.3) is 0 Å². The third kappa shape index (κ3) is 2.56. The molecule has 0 fully saturated rings. The summed E-state index contributed by atoms with van der Waals surface area (Å²) in [5, 5.41) is 0. The molecule has 0 radical (unpaired) electrons. The molecule has 122 valence electrons. The fourth-order valence-corrected chi connectivity index (χ4v) is 4.24. The van der Waals surface area contributed by atoms with Crippen LogP contribution in [0.4, 0.5) is 0 Å². The fraction of sp³-hybridized carbons (Fsp3) is 0.318. The molecule has 1 aromatic rings. The molecule has 0 saturated carbocycles. The number of ether oxygens (including phenoxy) is 1. The van der Waals surface area contributed by atoms with Crippen LogP contribution in [0.1, 0.15) is 49.7 Å². The lowest BCUT2D eigenvalue weighted by Gasteiger charge is -2.21. The number of hydrogen-bond acceptors (Lipinski definition) is 2.